The molecule has 0 aliphatic carbocycles. The summed E-state index contributed by atoms with van der Waals surface area (Å²) in [7, 11) is 0. The molecule has 6 heteroatoms. The Bertz CT molecular complexity index is 616. The number of likely N-dealkylation sites (tertiary alicyclic amines) is 1. The Balaban J connectivity index is 1.79. The van der Waals surface area contributed by atoms with Crippen LogP contribution in [0.4, 0.5) is 0 Å². The number of nitrogens with zero attached hydrogens (tertiary/aromatic N) is 2. The van der Waals surface area contributed by atoms with Crippen LogP contribution in [0.1, 0.15) is 31.7 Å². The fraction of sp³-hybridized carbons (Fsp3) is 0.500. The van der Waals surface area contributed by atoms with Gasteiger partial charge in [0.05, 0.1) is 5.56 Å². The maximum absolute atomic E-state index is 12.2. The lowest BCUT2D eigenvalue weighted by molar-refractivity contribution is -0.137. The van der Waals surface area contributed by atoms with Crippen molar-refractivity contribution in [2.75, 3.05) is 26.2 Å². The smallest absolute Gasteiger partial charge is 0.260 e. The number of hydrogen-bond acceptors (Lipinski definition) is 4. The van der Waals surface area contributed by atoms with Crippen LogP contribution in [0.2, 0.25) is 0 Å². The van der Waals surface area contributed by atoms with E-state index in [0.29, 0.717) is 43.8 Å². The summed E-state index contributed by atoms with van der Waals surface area (Å²) in [6, 6.07) is 8.89. The van der Waals surface area contributed by atoms with Crippen LogP contribution in [0.25, 0.3) is 0 Å². The number of carbonyl (C=O) groups excluding carboxylic acids is 2. The molecule has 1 aromatic rings. The third-order valence-corrected chi connectivity index (χ3v) is 4.13. The van der Waals surface area contributed by atoms with Gasteiger partial charge in [-0.25, -0.2) is 0 Å². The molecule has 0 bridgehead atoms. The predicted molar refractivity (Wildman–Crippen MR) is 89.3 cm³/mol. The molecule has 0 unspecified atom stereocenters. The minimum absolute atomic E-state index is 0.0131. The van der Waals surface area contributed by atoms with E-state index < -0.39 is 0 Å². The maximum Gasteiger partial charge on any atom is 0.260 e. The summed E-state index contributed by atoms with van der Waals surface area (Å²) >= 11 is 0. The van der Waals surface area contributed by atoms with Crippen molar-refractivity contribution in [1.29, 1.82) is 5.26 Å². The third-order valence-electron chi connectivity index (χ3n) is 4.13. The molecular weight excluding hydrogens is 306 g/mol. The highest BCUT2D eigenvalue weighted by Crippen LogP contribution is 2.19. The SMILES string of the molecule is CCCNC(=O)C1CCN(C(=O)COc2ccccc2C#N)CC1. The van der Waals surface area contributed by atoms with Crippen LogP contribution in [-0.4, -0.2) is 43.0 Å². The van der Waals surface area contributed by atoms with Crippen molar-refractivity contribution in [2.24, 2.45) is 5.92 Å². The molecule has 2 rings (SSSR count). The van der Waals surface area contributed by atoms with Crippen LogP contribution >= 0.6 is 0 Å². The van der Waals surface area contributed by atoms with Crippen LogP contribution in [0.5, 0.6) is 5.75 Å². The lowest BCUT2D eigenvalue weighted by Gasteiger charge is -2.31. The number of nitriles is 1. The van der Waals surface area contributed by atoms with Gasteiger partial charge in [0.25, 0.3) is 5.91 Å². The molecular formula is C18H23N3O3. The highest BCUT2D eigenvalue weighted by Gasteiger charge is 2.27. The van der Waals surface area contributed by atoms with E-state index in [1.165, 1.54) is 0 Å². The normalized spacial score (nSPS) is 14.8. The summed E-state index contributed by atoms with van der Waals surface area (Å²) in [5.41, 5.74) is 0.414. The van der Waals surface area contributed by atoms with E-state index in [2.05, 4.69) is 5.32 Å². The quantitative estimate of drug-likeness (QED) is 0.861. The van der Waals surface area contributed by atoms with Gasteiger partial charge in [0, 0.05) is 25.6 Å². The topological polar surface area (TPSA) is 82.4 Å². The Morgan fingerprint density at radius 1 is 1.33 bits per heavy atom. The Kier molecular flexibility index (Phi) is 6.62. The molecule has 0 saturated carbocycles. The summed E-state index contributed by atoms with van der Waals surface area (Å²) < 4.78 is 5.48. The fourth-order valence-electron chi connectivity index (χ4n) is 2.70. The van der Waals surface area contributed by atoms with E-state index in [1.807, 2.05) is 13.0 Å². The molecule has 1 aliphatic heterocycles. The number of hydrogen-bond donors (Lipinski definition) is 1. The molecule has 1 N–H and O–H groups in total. The first kappa shape index (κ1) is 17.8. The van der Waals surface area contributed by atoms with Gasteiger partial charge in [0.15, 0.2) is 6.61 Å². The first-order valence-corrected chi connectivity index (χ1v) is 8.33. The van der Waals surface area contributed by atoms with E-state index >= 15 is 0 Å². The molecule has 128 valence electrons. The van der Waals surface area contributed by atoms with Crippen molar-refractivity contribution in [1.82, 2.24) is 10.2 Å². The molecule has 0 atom stereocenters. The predicted octanol–water partition coefficient (Wildman–Crippen LogP) is 1.70. The summed E-state index contributed by atoms with van der Waals surface area (Å²) in [6.07, 6.45) is 2.27. The monoisotopic (exact) mass is 329 g/mol. The van der Waals surface area contributed by atoms with E-state index in [1.54, 1.807) is 29.2 Å². The molecule has 1 aromatic carbocycles. The lowest BCUT2D eigenvalue weighted by Crippen LogP contribution is -2.44. The fourth-order valence-corrected chi connectivity index (χ4v) is 2.70. The Hall–Kier alpha value is -2.55. The van der Waals surface area contributed by atoms with Crippen molar-refractivity contribution in [3.63, 3.8) is 0 Å². The summed E-state index contributed by atoms with van der Waals surface area (Å²) in [6.45, 7) is 3.75. The molecule has 0 spiro atoms. The number of piperidine rings is 1. The molecule has 24 heavy (non-hydrogen) atoms. The number of nitrogens with one attached hydrogen (secondary N) is 1. The minimum Gasteiger partial charge on any atom is -0.482 e. The van der Waals surface area contributed by atoms with Crippen LogP contribution < -0.4 is 10.1 Å². The van der Waals surface area contributed by atoms with Crippen LogP contribution in [0.15, 0.2) is 24.3 Å². The summed E-state index contributed by atoms with van der Waals surface area (Å²) in [5, 5.41) is 11.9. The molecule has 1 fully saturated rings. The molecule has 1 heterocycles. The van der Waals surface area contributed by atoms with Gasteiger partial charge in [-0.1, -0.05) is 19.1 Å². The van der Waals surface area contributed by atoms with Crippen LogP contribution in [-0.2, 0) is 9.59 Å². The van der Waals surface area contributed by atoms with Crippen molar-refractivity contribution in [3.8, 4) is 11.8 Å². The van der Waals surface area contributed by atoms with Crippen molar-refractivity contribution in [3.05, 3.63) is 29.8 Å². The zero-order chi connectivity index (χ0) is 17.4. The zero-order valence-electron chi connectivity index (χ0n) is 14.0. The van der Waals surface area contributed by atoms with Gasteiger partial charge in [0.1, 0.15) is 11.8 Å². The number of carbonyl (C=O) groups is 2. The molecule has 2 amide bonds. The molecule has 1 saturated heterocycles. The van der Waals surface area contributed by atoms with E-state index in [4.69, 9.17) is 10.00 Å². The van der Waals surface area contributed by atoms with E-state index in [0.717, 1.165) is 6.42 Å². The molecule has 6 nitrogen and oxygen atoms in total. The second-order valence-corrected chi connectivity index (χ2v) is 5.84. The highest BCUT2D eigenvalue weighted by atomic mass is 16.5. The largest absolute Gasteiger partial charge is 0.482 e. The molecule has 0 radical (unpaired) electrons. The van der Waals surface area contributed by atoms with E-state index in [9.17, 15) is 9.59 Å². The number of rotatable bonds is 6. The number of amides is 2. The van der Waals surface area contributed by atoms with Gasteiger partial charge in [0.2, 0.25) is 5.91 Å². The minimum atomic E-state index is -0.116. The first-order chi connectivity index (χ1) is 11.7. The number of para-hydroxylation sites is 1. The second kappa shape index (κ2) is 8.92. The van der Waals surface area contributed by atoms with Crippen molar-refractivity contribution in [2.45, 2.75) is 26.2 Å². The van der Waals surface area contributed by atoms with Gasteiger partial charge in [-0.05, 0) is 31.4 Å². The van der Waals surface area contributed by atoms with Gasteiger partial charge in [-0.15, -0.1) is 0 Å². The average Bonchev–Trinajstić information content (AvgIpc) is 2.64. The highest BCUT2D eigenvalue weighted by molar-refractivity contribution is 5.80. The van der Waals surface area contributed by atoms with Gasteiger partial charge in [-0.3, -0.25) is 9.59 Å². The average molecular weight is 329 g/mol. The number of ether oxygens (including phenoxy) is 1. The van der Waals surface area contributed by atoms with Crippen LogP contribution in [0, 0.1) is 17.2 Å². The molecule has 0 aromatic heterocycles. The lowest BCUT2D eigenvalue weighted by atomic mass is 9.96. The zero-order valence-corrected chi connectivity index (χ0v) is 14.0. The van der Waals surface area contributed by atoms with Crippen molar-refractivity contribution >= 4 is 11.8 Å². The Labute approximate surface area is 142 Å². The van der Waals surface area contributed by atoms with Crippen LogP contribution in [0.3, 0.4) is 0 Å². The Morgan fingerprint density at radius 2 is 2.04 bits per heavy atom. The second-order valence-electron chi connectivity index (χ2n) is 5.84. The van der Waals surface area contributed by atoms with Gasteiger partial charge in [-0.2, -0.15) is 5.26 Å². The maximum atomic E-state index is 12.2. The first-order valence-electron chi connectivity index (χ1n) is 8.33. The van der Waals surface area contributed by atoms with Crippen molar-refractivity contribution < 1.29 is 14.3 Å². The van der Waals surface area contributed by atoms with E-state index in [-0.39, 0.29) is 24.3 Å². The summed E-state index contributed by atoms with van der Waals surface area (Å²) in [5.74, 6) is 0.376. The Morgan fingerprint density at radius 3 is 2.71 bits per heavy atom. The standard InChI is InChI=1S/C18H23N3O3/c1-2-9-20-18(23)14-7-10-21(11-8-14)17(22)13-24-16-6-4-3-5-15(16)12-19/h3-6,14H,2,7-11,13H2,1H3,(H,20,23). The van der Waals surface area contributed by atoms with Gasteiger partial charge >= 0.3 is 0 Å². The summed E-state index contributed by atoms with van der Waals surface area (Å²) in [4.78, 5) is 25.9. The molecule has 1 aliphatic rings. The third kappa shape index (κ3) is 4.72. The van der Waals surface area contributed by atoms with Gasteiger partial charge < -0.3 is 15.0 Å². The number of benzene rings is 1.